The van der Waals surface area contributed by atoms with E-state index in [1.54, 1.807) is 10.9 Å². The molecule has 2 aromatic rings. The second kappa shape index (κ2) is 7.49. The fourth-order valence-corrected chi connectivity index (χ4v) is 3.78. The molecule has 0 spiro atoms. The van der Waals surface area contributed by atoms with Crippen molar-refractivity contribution in [2.45, 2.75) is 50.7 Å². The molecule has 0 bridgehead atoms. The van der Waals surface area contributed by atoms with E-state index in [1.807, 2.05) is 20.2 Å². The van der Waals surface area contributed by atoms with Crippen LogP contribution in [0.15, 0.2) is 42.7 Å². The largest absolute Gasteiger partial charge is 0.384 e. The minimum Gasteiger partial charge on any atom is -0.384 e. The van der Waals surface area contributed by atoms with Crippen LogP contribution in [0.2, 0.25) is 0 Å². The number of hydrogen-bond acceptors (Lipinski definition) is 3. The standard InChI is InChI=1S/C20H29N3O/c1-20(24,18-13-22-23(2)14-18)15-21-19-10-6-9-17(19)12-11-16-7-4-3-5-8-16/h3-5,7-8,13-14,17,19,21,24H,6,9-12,15H2,1-2H3. The third kappa shape index (κ3) is 4.25. The minimum absolute atomic E-state index is 0.511. The first kappa shape index (κ1) is 17.2. The van der Waals surface area contributed by atoms with Crippen molar-refractivity contribution in [3.8, 4) is 0 Å². The summed E-state index contributed by atoms with van der Waals surface area (Å²) in [6.07, 6.45) is 9.79. The van der Waals surface area contributed by atoms with Gasteiger partial charge >= 0.3 is 0 Å². The Labute approximate surface area is 144 Å². The second-order valence-electron chi connectivity index (χ2n) is 7.38. The topological polar surface area (TPSA) is 50.1 Å². The summed E-state index contributed by atoms with van der Waals surface area (Å²) in [6.45, 7) is 2.44. The van der Waals surface area contributed by atoms with Gasteiger partial charge in [-0.15, -0.1) is 0 Å². The lowest BCUT2D eigenvalue weighted by molar-refractivity contribution is 0.0520. The molecule has 24 heavy (non-hydrogen) atoms. The fourth-order valence-electron chi connectivity index (χ4n) is 3.78. The van der Waals surface area contributed by atoms with Gasteiger partial charge in [0.15, 0.2) is 0 Å². The Morgan fingerprint density at radius 1 is 1.29 bits per heavy atom. The highest BCUT2D eigenvalue weighted by molar-refractivity contribution is 5.16. The highest BCUT2D eigenvalue weighted by Gasteiger charge is 2.30. The van der Waals surface area contributed by atoms with E-state index in [-0.39, 0.29) is 0 Å². The Morgan fingerprint density at radius 2 is 2.08 bits per heavy atom. The Balaban J connectivity index is 1.52. The number of aryl methyl sites for hydroxylation is 2. The van der Waals surface area contributed by atoms with Crippen LogP contribution in [0.4, 0.5) is 0 Å². The zero-order valence-corrected chi connectivity index (χ0v) is 14.8. The van der Waals surface area contributed by atoms with Gasteiger partial charge in [-0.3, -0.25) is 4.68 Å². The quantitative estimate of drug-likeness (QED) is 0.822. The van der Waals surface area contributed by atoms with E-state index in [2.05, 4.69) is 40.7 Å². The van der Waals surface area contributed by atoms with Gasteiger partial charge in [0.05, 0.1) is 6.20 Å². The molecular formula is C20H29N3O. The lowest BCUT2D eigenvalue weighted by Gasteiger charge is -2.27. The lowest BCUT2D eigenvalue weighted by Crippen LogP contribution is -2.42. The van der Waals surface area contributed by atoms with E-state index in [4.69, 9.17) is 0 Å². The van der Waals surface area contributed by atoms with E-state index >= 15 is 0 Å². The van der Waals surface area contributed by atoms with Crippen LogP contribution >= 0.6 is 0 Å². The van der Waals surface area contributed by atoms with Crippen molar-refractivity contribution >= 4 is 0 Å². The van der Waals surface area contributed by atoms with Gasteiger partial charge in [0.2, 0.25) is 0 Å². The van der Waals surface area contributed by atoms with Gasteiger partial charge in [-0.2, -0.15) is 5.10 Å². The maximum absolute atomic E-state index is 10.7. The molecular weight excluding hydrogens is 298 g/mol. The maximum atomic E-state index is 10.7. The van der Waals surface area contributed by atoms with Crippen LogP contribution in [0, 0.1) is 5.92 Å². The van der Waals surface area contributed by atoms with Crippen LogP contribution in [0.25, 0.3) is 0 Å². The molecule has 1 fully saturated rings. The van der Waals surface area contributed by atoms with Gasteiger partial charge in [0, 0.05) is 31.4 Å². The van der Waals surface area contributed by atoms with Crippen molar-refractivity contribution in [3.63, 3.8) is 0 Å². The van der Waals surface area contributed by atoms with E-state index in [0.29, 0.717) is 18.5 Å². The molecule has 3 rings (SSSR count). The summed E-state index contributed by atoms with van der Waals surface area (Å²) in [5.74, 6) is 0.704. The third-order valence-corrected chi connectivity index (χ3v) is 5.34. The van der Waals surface area contributed by atoms with Crippen LogP contribution in [-0.2, 0) is 19.1 Å². The smallest absolute Gasteiger partial charge is 0.102 e. The van der Waals surface area contributed by atoms with E-state index in [9.17, 15) is 5.11 Å². The summed E-state index contributed by atoms with van der Waals surface area (Å²) in [5.41, 5.74) is 1.42. The van der Waals surface area contributed by atoms with Crippen molar-refractivity contribution in [2.24, 2.45) is 13.0 Å². The van der Waals surface area contributed by atoms with Crippen molar-refractivity contribution in [1.82, 2.24) is 15.1 Å². The number of aromatic nitrogens is 2. The first-order valence-corrected chi connectivity index (χ1v) is 9.03. The zero-order chi connectivity index (χ0) is 17.0. The number of nitrogens with one attached hydrogen (secondary N) is 1. The maximum Gasteiger partial charge on any atom is 0.102 e. The van der Waals surface area contributed by atoms with E-state index < -0.39 is 5.60 Å². The molecule has 1 aliphatic carbocycles. The molecule has 3 unspecified atom stereocenters. The van der Waals surface area contributed by atoms with Crippen molar-refractivity contribution < 1.29 is 5.11 Å². The number of rotatable bonds is 7. The Morgan fingerprint density at radius 3 is 2.79 bits per heavy atom. The molecule has 130 valence electrons. The van der Waals surface area contributed by atoms with E-state index in [0.717, 1.165) is 12.0 Å². The highest BCUT2D eigenvalue weighted by Crippen LogP contribution is 2.30. The number of hydrogen-bond donors (Lipinski definition) is 2. The van der Waals surface area contributed by atoms with Crippen molar-refractivity contribution in [1.29, 1.82) is 0 Å². The van der Waals surface area contributed by atoms with Crippen LogP contribution in [0.5, 0.6) is 0 Å². The number of benzene rings is 1. The number of nitrogens with zero attached hydrogens (tertiary/aromatic N) is 2. The average Bonchev–Trinajstić information content (AvgIpc) is 3.21. The molecule has 0 aliphatic heterocycles. The van der Waals surface area contributed by atoms with Crippen LogP contribution < -0.4 is 5.32 Å². The van der Waals surface area contributed by atoms with Gasteiger partial charge in [0.25, 0.3) is 0 Å². The van der Waals surface area contributed by atoms with Crippen molar-refractivity contribution in [2.75, 3.05) is 6.54 Å². The van der Waals surface area contributed by atoms with Gasteiger partial charge < -0.3 is 10.4 Å². The second-order valence-corrected chi connectivity index (χ2v) is 7.38. The fraction of sp³-hybridized carbons (Fsp3) is 0.550. The molecule has 3 atom stereocenters. The Kier molecular flexibility index (Phi) is 5.36. The van der Waals surface area contributed by atoms with Crippen LogP contribution in [0.1, 0.15) is 43.7 Å². The Bertz CT molecular complexity index is 635. The summed E-state index contributed by atoms with van der Waals surface area (Å²) in [5, 5.41) is 18.5. The molecule has 1 aliphatic rings. The third-order valence-electron chi connectivity index (χ3n) is 5.34. The molecule has 4 heteroatoms. The van der Waals surface area contributed by atoms with E-state index in [1.165, 1.54) is 31.2 Å². The average molecular weight is 327 g/mol. The number of aliphatic hydroxyl groups is 1. The highest BCUT2D eigenvalue weighted by atomic mass is 16.3. The molecule has 0 amide bonds. The van der Waals surface area contributed by atoms with Gasteiger partial charge in [0.1, 0.15) is 5.60 Å². The van der Waals surface area contributed by atoms with Crippen molar-refractivity contribution in [3.05, 3.63) is 53.9 Å². The summed E-state index contributed by atoms with van der Waals surface area (Å²) in [7, 11) is 1.88. The van der Waals surface area contributed by atoms with Crippen LogP contribution in [-0.4, -0.2) is 27.5 Å². The molecule has 1 heterocycles. The summed E-state index contributed by atoms with van der Waals surface area (Å²) >= 11 is 0. The molecule has 0 saturated heterocycles. The molecule has 2 N–H and O–H groups in total. The first-order chi connectivity index (χ1) is 11.5. The SMILES string of the molecule is Cn1cc(C(C)(O)CNC2CCCC2CCc2ccccc2)cn1. The summed E-state index contributed by atoms with van der Waals surface area (Å²) < 4.78 is 1.74. The molecule has 1 aromatic carbocycles. The first-order valence-electron chi connectivity index (χ1n) is 9.03. The summed E-state index contributed by atoms with van der Waals surface area (Å²) in [4.78, 5) is 0. The molecule has 1 aromatic heterocycles. The predicted octanol–water partition coefficient (Wildman–Crippen LogP) is 3.02. The van der Waals surface area contributed by atoms with Crippen LogP contribution in [0.3, 0.4) is 0 Å². The van der Waals surface area contributed by atoms with Gasteiger partial charge in [-0.25, -0.2) is 0 Å². The summed E-state index contributed by atoms with van der Waals surface area (Å²) in [6, 6.07) is 11.2. The molecule has 4 nitrogen and oxygen atoms in total. The predicted molar refractivity (Wildman–Crippen MR) is 96.7 cm³/mol. The van der Waals surface area contributed by atoms with Gasteiger partial charge in [-0.1, -0.05) is 36.8 Å². The Hall–Kier alpha value is -1.65. The normalized spacial score (nSPS) is 23.3. The molecule has 0 radical (unpaired) electrons. The monoisotopic (exact) mass is 327 g/mol. The lowest BCUT2D eigenvalue weighted by atomic mass is 9.93. The zero-order valence-electron chi connectivity index (χ0n) is 14.8. The van der Waals surface area contributed by atoms with Gasteiger partial charge in [-0.05, 0) is 44.1 Å². The molecule has 1 saturated carbocycles. The minimum atomic E-state index is -0.874.